The zero-order valence-electron chi connectivity index (χ0n) is 10.3. The Morgan fingerprint density at radius 1 is 1.11 bits per heavy atom. The van der Waals surface area contributed by atoms with Crippen LogP contribution in [0.15, 0.2) is 54.6 Å². The Balaban J connectivity index is 2.06. The van der Waals surface area contributed by atoms with Crippen molar-refractivity contribution in [1.29, 1.82) is 0 Å². The highest BCUT2D eigenvalue weighted by Crippen LogP contribution is 2.13. The molecule has 0 aliphatic heterocycles. The zero-order chi connectivity index (χ0) is 13.7. The number of hydrogen-bond donors (Lipinski definition) is 2. The van der Waals surface area contributed by atoms with Gasteiger partial charge in [-0.25, -0.2) is 4.39 Å². The van der Waals surface area contributed by atoms with Crippen molar-refractivity contribution < 1.29 is 9.18 Å². The average Bonchev–Trinajstić information content (AvgIpc) is 2.42. The van der Waals surface area contributed by atoms with Crippen LogP contribution in [0, 0.1) is 5.82 Å². The Labute approximate surface area is 111 Å². The predicted molar refractivity (Wildman–Crippen MR) is 71.6 cm³/mol. The molecule has 2 aromatic rings. The fraction of sp³-hybridized carbons (Fsp3) is 0.133. The molecule has 0 aliphatic carbocycles. The summed E-state index contributed by atoms with van der Waals surface area (Å²) in [6.07, 6.45) is 0. The summed E-state index contributed by atoms with van der Waals surface area (Å²) in [5.41, 5.74) is 7.10. The SMILES string of the molecule is NC(=O)[C@H](NCc1ccc(F)cc1)c1ccccc1. The summed E-state index contributed by atoms with van der Waals surface area (Å²) in [5, 5.41) is 3.07. The van der Waals surface area contributed by atoms with Crippen LogP contribution in [0.2, 0.25) is 0 Å². The Morgan fingerprint density at radius 3 is 2.32 bits per heavy atom. The quantitative estimate of drug-likeness (QED) is 0.863. The lowest BCUT2D eigenvalue weighted by molar-refractivity contribution is -0.120. The standard InChI is InChI=1S/C15H15FN2O/c16-13-8-6-11(7-9-13)10-18-14(15(17)19)12-4-2-1-3-5-12/h1-9,14,18H,10H2,(H2,17,19)/t14-/m1/s1. The van der Waals surface area contributed by atoms with E-state index in [9.17, 15) is 9.18 Å². The fourth-order valence-corrected chi connectivity index (χ4v) is 1.85. The van der Waals surface area contributed by atoms with Gasteiger partial charge < -0.3 is 5.73 Å². The molecule has 0 saturated carbocycles. The normalized spacial score (nSPS) is 12.1. The second kappa shape index (κ2) is 6.11. The molecule has 19 heavy (non-hydrogen) atoms. The van der Waals surface area contributed by atoms with Crippen LogP contribution in [0.5, 0.6) is 0 Å². The third kappa shape index (κ3) is 3.63. The molecule has 2 aromatic carbocycles. The Morgan fingerprint density at radius 2 is 1.74 bits per heavy atom. The van der Waals surface area contributed by atoms with Gasteiger partial charge in [-0.05, 0) is 23.3 Å². The molecular formula is C15H15FN2O. The number of nitrogens with one attached hydrogen (secondary N) is 1. The van der Waals surface area contributed by atoms with Crippen LogP contribution >= 0.6 is 0 Å². The van der Waals surface area contributed by atoms with Crippen molar-refractivity contribution in [3.8, 4) is 0 Å². The van der Waals surface area contributed by atoms with E-state index in [1.165, 1.54) is 12.1 Å². The lowest BCUT2D eigenvalue weighted by Gasteiger charge is -2.15. The molecule has 0 aromatic heterocycles. The summed E-state index contributed by atoms with van der Waals surface area (Å²) < 4.78 is 12.8. The molecule has 0 spiro atoms. The first-order valence-electron chi connectivity index (χ1n) is 5.99. The van der Waals surface area contributed by atoms with Crippen molar-refractivity contribution in [3.05, 3.63) is 71.5 Å². The smallest absolute Gasteiger partial charge is 0.239 e. The predicted octanol–water partition coefficient (Wildman–Crippen LogP) is 2.14. The molecule has 4 heteroatoms. The molecule has 3 N–H and O–H groups in total. The minimum absolute atomic E-state index is 0.279. The fourth-order valence-electron chi connectivity index (χ4n) is 1.85. The lowest BCUT2D eigenvalue weighted by atomic mass is 10.1. The van der Waals surface area contributed by atoms with Crippen molar-refractivity contribution in [3.63, 3.8) is 0 Å². The van der Waals surface area contributed by atoms with E-state index in [1.54, 1.807) is 12.1 Å². The maximum Gasteiger partial charge on any atom is 0.239 e. The molecule has 3 nitrogen and oxygen atoms in total. The van der Waals surface area contributed by atoms with Gasteiger partial charge in [0.15, 0.2) is 0 Å². The van der Waals surface area contributed by atoms with Crippen LogP contribution in [-0.2, 0) is 11.3 Å². The van der Waals surface area contributed by atoms with Gasteiger partial charge >= 0.3 is 0 Å². The molecule has 0 fully saturated rings. The van der Waals surface area contributed by atoms with Gasteiger partial charge in [0.1, 0.15) is 11.9 Å². The van der Waals surface area contributed by atoms with Gasteiger partial charge in [-0.15, -0.1) is 0 Å². The second-order valence-electron chi connectivity index (χ2n) is 4.25. The van der Waals surface area contributed by atoms with Gasteiger partial charge in [-0.1, -0.05) is 42.5 Å². The van der Waals surface area contributed by atoms with E-state index in [-0.39, 0.29) is 5.82 Å². The number of halogens is 1. The van der Waals surface area contributed by atoms with Gasteiger partial charge in [0, 0.05) is 6.54 Å². The van der Waals surface area contributed by atoms with Gasteiger partial charge in [0.05, 0.1) is 0 Å². The number of amides is 1. The van der Waals surface area contributed by atoms with Crippen molar-refractivity contribution in [2.75, 3.05) is 0 Å². The molecule has 1 atom stereocenters. The largest absolute Gasteiger partial charge is 0.368 e. The molecule has 0 unspecified atom stereocenters. The maximum absolute atomic E-state index is 12.8. The number of hydrogen-bond acceptors (Lipinski definition) is 2. The molecule has 0 heterocycles. The summed E-state index contributed by atoms with van der Waals surface area (Å²) in [6.45, 7) is 0.447. The molecule has 0 aliphatic rings. The molecule has 98 valence electrons. The van der Waals surface area contributed by atoms with E-state index in [0.29, 0.717) is 6.54 Å². The zero-order valence-corrected chi connectivity index (χ0v) is 10.3. The highest BCUT2D eigenvalue weighted by Gasteiger charge is 2.16. The Bertz CT molecular complexity index is 540. The number of carbonyl (C=O) groups excluding carboxylic acids is 1. The van der Waals surface area contributed by atoms with Crippen molar-refractivity contribution in [2.24, 2.45) is 5.73 Å². The van der Waals surface area contributed by atoms with E-state index in [2.05, 4.69) is 5.32 Å². The highest BCUT2D eigenvalue weighted by molar-refractivity contribution is 5.81. The number of rotatable bonds is 5. The van der Waals surface area contributed by atoms with Crippen LogP contribution in [0.4, 0.5) is 4.39 Å². The molecule has 0 bridgehead atoms. The summed E-state index contributed by atoms with van der Waals surface area (Å²) in [6, 6.07) is 14.8. The Hall–Kier alpha value is -2.20. The third-order valence-corrected chi connectivity index (χ3v) is 2.84. The number of primary amides is 1. The average molecular weight is 258 g/mol. The third-order valence-electron chi connectivity index (χ3n) is 2.84. The first-order chi connectivity index (χ1) is 9.16. The van der Waals surface area contributed by atoms with Gasteiger partial charge in [-0.2, -0.15) is 0 Å². The molecule has 0 saturated heterocycles. The lowest BCUT2D eigenvalue weighted by Crippen LogP contribution is -2.33. The molecular weight excluding hydrogens is 243 g/mol. The van der Waals surface area contributed by atoms with Crippen LogP contribution in [0.3, 0.4) is 0 Å². The van der Waals surface area contributed by atoms with E-state index in [1.807, 2.05) is 30.3 Å². The highest BCUT2D eigenvalue weighted by atomic mass is 19.1. The summed E-state index contributed by atoms with van der Waals surface area (Å²) in [7, 11) is 0. The minimum atomic E-state index is -0.550. The van der Waals surface area contributed by atoms with Crippen LogP contribution in [-0.4, -0.2) is 5.91 Å². The van der Waals surface area contributed by atoms with E-state index < -0.39 is 11.9 Å². The summed E-state index contributed by atoms with van der Waals surface area (Å²) >= 11 is 0. The molecule has 2 rings (SSSR count). The first kappa shape index (κ1) is 13.2. The topological polar surface area (TPSA) is 55.1 Å². The number of benzene rings is 2. The number of carbonyl (C=O) groups is 1. The van der Waals surface area contributed by atoms with E-state index in [4.69, 9.17) is 5.73 Å². The second-order valence-corrected chi connectivity index (χ2v) is 4.25. The summed E-state index contributed by atoms with van der Waals surface area (Å²) in [5.74, 6) is -0.716. The van der Waals surface area contributed by atoms with E-state index >= 15 is 0 Å². The Kier molecular flexibility index (Phi) is 4.26. The van der Waals surface area contributed by atoms with Crippen molar-refractivity contribution in [2.45, 2.75) is 12.6 Å². The first-order valence-corrected chi connectivity index (χ1v) is 5.99. The summed E-state index contributed by atoms with van der Waals surface area (Å²) in [4.78, 5) is 11.5. The maximum atomic E-state index is 12.8. The van der Waals surface area contributed by atoms with Crippen LogP contribution in [0.25, 0.3) is 0 Å². The van der Waals surface area contributed by atoms with Gasteiger partial charge in [0.2, 0.25) is 5.91 Å². The van der Waals surface area contributed by atoms with Gasteiger partial charge in [-0.3, -0.25) is 10.1 Å². The monoisotopic (exact) mass is 258 g/mol. The minimum Gasteiger partial charge on any atom is -0.368 e. The van der Waals surface area contributed by atoms with Crippen molar-refractivity contribution >= 4 is 5.91 Å². The van der Waals surface area contributed by atoms with Crippen LogP contribution < -0.4 is 11.1 Å². The van der Waals surface area contributed by atoms with E-state index in [0.717, 1.165) is 11.1 Å². The number of nitrogens with two attached hydrogens (primary N) is 1. The van der Waals surface area contributed by atoms with Crippen LogP contribution in [0.1, 0.15) is 17.2 Å². The van der Waals surface area contributed by atoms with Crippen molar-refractivity contribution in [1.82, 2.24) is 5.32 Å². The van der Waals surface area contributed by atoms with Gasteiger partial charge in [0.25, 0.3) is 0 Å². The molecule has 1 amide bonds. The molecule has 0 radical (unpaired) electrons.